The highest BCUT2D eigenvalue weighted by Gasteiger charge is 2.12. The van der Waals surface area contributed by atoms with Gasteiger partial charge in [-0.1, -0.05) is 34.1 Å². The maximum Gasteiger partial charge on any atom is 0.269 e. The second-order valence-corrected chi connectivity index (χ2v) is 4.99. The summed E-state index contributed by atoms with van der Waals surface area (Å²) in [5, 5.41) is 10.7. The van der Waals surface area contributed by atoms with Gasteiger partial charge in [0.1, 0.15) is 11.9 Å². The molecule has 19 heavy (non-hydrogen) atoms. The minimum Gasteiger partial charge on any atom is -0.486 e. The lowest BCUT2D eigenvalue weighted by molar-refractivity contribution is -0.385. The number of non-ortho nitro benzene ring substituents is 1. The molecule has 0 amide bonds. The van der Waals surface area contributed by atoms with Crippen molar-refractivity contribution >= 4 is 21.6 Å². The number of hydrogen-bond donors (Lipinski definition) is 0. The van der Waals surface area contributed by atoms with Gasteiger partial charge < -0.3 is 4.74 Å². The summed E-state index contributed by atoms with van der Waals surface area (Å²) in [5.74, 6) is 0.716. The summed E-state index contributed by atoms with van der Waals surface area (Å²) in [7, 11) is 0. The molecule has 0 heterocycles. The summed E-state index contributed by atoms with van der Waals surface area (Å²) in [4.78, 5) is 10.3. The highest BCUT2D eigenvalue weighted by molar-refractivity contribution is 9.10. The van der Waals surface area contributed by atoms with E-state index in [0.717, 1.165) is 10.0 Å². The van der Waals surface area contributed by atoms with Crippen LogP contribution in [0.5, 0.6) is 5.75 Å². The standard InChI is InChI=1S/C14H12BrNO3/c1-10(19-14-7-3-5-12(15)9-14)11-4-2-6-13(8-11)16(17)18/h2-10H,1H3/t10-/m0/s1. The number of nitro groups is 1. The largest absolute Gasteiger partial charge is 0.486 e. The van der Waals surface area contributed by atoms with E-state index in [1.165, 1.54) is 12.1 Å². The number of nitro benzene ring substituents is 1. The van der Waals surface area contributed by atoms with Crippen LogP contribution >= 0.6 is 15.9 Å². The Morgan fingerprint density at radius 2 is 1.95 bits per heavy atom. The van der Waals surface area contributed by atoms with Crippen molar-refractivity contribution in [3.63, 3.8) is 0 Å². The van der Waals surface area contributed by atoms with Crippen LogP contribution in [0.25, 0.3) is 0 Å². The van der Waals surface area contributed by atoms with Gasteiger partial charge in [-0.05, 0) is 30.7 Å². The van der Waals surface area contributed by atoms with Gasteiger partial charge in [0.25, 0.3) is 5.69 Å². The second kappa shape index (κ2) is 5.84. The third kappa shape index (κ3) is 3.54. The van der Waals surface area contributed by atoms with Crippen LogP contribution in [-0.4, -0.2) is 4.92 Å². The topological polar surface area (TPSA) is 52.4 Å². The summed E-state index contributed by atoms with van der Waals surface area (Å²) in [6.07, 6.45) is -0.255. The first kappa shape index (κ1) is 13.5. The average molecular weight is 322 g/mol. The fourth-order valence-electron chi connectivity index (χ4n) is 1.70. The van der Waals surface area contributed by atoms with Crippen molar-refractivity contribution in [2.24, 2.45) is 0 Å². The van der Waals surface area contributed by atoms with E-state index >= 15 is 0 Å². The van der Waals surface area contributed by atoms with Gasteiger partial charge in [-0.25, -0.2) is 0 Å². The predicted octanol–water partition coefficient (Wildman–Crippen LogP) is 4.50. The molecule has 0 aliphatic heterocycles. The molecule has 0 N–H and O–H groups in total. The quantitative estimate of drug-likeness (QED) is 0.615. The molecule has 0 saturated heterocycles. The van der Waals surface area contributed by atoms with Gasteiger partial charge in [0, 0.05) is 16.6 Å². The summed E-state index contributed by atoms with van der Waals surface area (Å²) in [5.41, 5.74) is 0.844. The van der Waals surface area contributed by atoms with Gasteiger partial charge in [0.15, 0.2) is 0 Å². The monoisotopic (exact) mass is 321 g/mol. The first-order valence-corrected chi connectivity index (χ1v) is 6.52. The van der Waals surface area contributed by atoms with Gasteiger partial charge in [-0.15, -0.1) is 0 Å². The van der Waals surface area contributed by atoms with E-state index in [9.17, 15) is 10.1 Å². The molecule has 2 aromatic carbocycles. The molecule has 0 aliphatic rings. The van der Waals surface area contributed by atoms with E-state index in [0.29, 0.717) is 5.75 Å². The summed E-state index contributed by atoms with van der Waals surface area (Å²) in [6.45, 7) is 1.86. The number of ether oxygens (including phenoxy) is 1. The Morgan fingerprint density at radius 3 is 2.63 bits per heavy atom. The van der Waals surface area contributed by atoms with Crippen molar-refractivity contribution in [3.05, 3.63) is 68.7 Å². The predicted molar refractivity (Wildman–Crippen MR) is 76.3 cm³/mol. The van der Waals surface area contributed by atoms with Crippen molar-refractivity contribution in [3.8, 4) is 5.75 Å². The fourth-order valence-corrected chi connectivity index (χ4v) is 2.08. The van der Waals surface area contributed by atoms with E-state index in [4.69, 9.17) is 4.74 Å². The van der Waals surface area contributed by atoms with E-state index in [1.807, 2.05) is 37.3 Å². The highest BCUT2D eigenvalue weighted by Crippen LogP contribution is 2.26. The zero-order chi connectivity index (χ0) is 13.8. The molecule has 98 valence electrons. The van der Waals surface area contributed by atoms with Crippen LogP contribution in [0, 0.1) is 10.1 Å². The Kier molecular flexibility index (Phi) is 4.16. The Bertz CT molecular complexity index is 601. The summed E-state index contributed by atoms with van der Waals surface area (Å²) >= 11 is 3.37. The van der Waals surface area contributed by atoms with E-state index in [1.54, 1.807) is 6.07 Å². The van der Waals surface area contributed by atoms with Crippen molar-refractivity contribution < 1.29 is 9.66 Å². The Hall–Kier alpha value is -1.88. The van der Waals surface area contributed by atoms with Crippen LogP contribution in [-0.2, 0) is 0 Å². The fraction of sp³-hybridized carbons (Fsp3) is 0.143. The first-order valence-electron chi connectivity index (χ1n) is 5.73. The smallest absolute Gasteiger partial charge is 0.269 e. The number of benzene rings is 2. The Balaban J connectivity index is 2.18. The molecule has 1 atom stereocenters. The SMILES string of the molecule is C[C@H](Oc1cccc(Br)c1)c1cccc([N+](=O)[O-])c1. The molecule has 0 aliphatic carbocycles. The normalized spacial score (nSPS) is 11.9. The van der Waals surface area contributed by atoms with Crippen molar-refractivity contribution in [2.45, 2.75) is 13.0 Å². The van der Waals surface area contributed by atoms with Crippen molar-refractivity contribution in [2.75, 3.05) is 0 Å². The zero-order valence-corrected chi connectivity index (χ0v) is 11.8. The summed E-state index contributed by atoms with van der Waals surface area (Å²) in [6, 6.07) is 14.0. The van der Waals surface area contributed by atoms with Gasteiger partial charge in [0.05, 0.1) is 4.92 Å². The molecule has 0 unspecified atom stereocenters. The molecule has 0 spiro atoms. The molecule has 2 aromatic rings. The van der Waals surface area contributed by atoms with Crippen LogP contribution in [0.15, 0.2) is 53.0 Å². The molecule has 0 radical (unpaired) electrons. The first-order chi connectivity index (χ1) is 9.06. The number of nitrogens with zero attached hydrogens (tertiary/aromatic N) is 1. The third-order valence-corrected chi connectivity index (χ3v) is 3.15. The molecule has 0 bridgehead atoms. The Labute approximate surface area is 119 Å². The third-order valence-electron chi connectivity index (χ3n) is 2.66. The zero-order valence-electron chi connectivity index (χ0n) is 10.2. The molecular formula is C14H12BrNO3. The van der Waals surface area contributed by atoms with Crippen LogP contribution in [0.4, 0.5) is 5.69 Å². The Morgan fingerprint density at radius 1 is 1.21 bits per heavy atom. The molecule has 4 nitrogen and oxygen atoms in total. The molecule has 2 rings (SSSR count). The molecular weight excluding hydrogens is 310 g/mol. The van der Waals surface area contributed by atoms with E-state index in [-0.39, 0.29) is 11.8 Å². The van der Waals surface area contributed by atoms with Crippen molar-refractivity contribution in [1.82, 2.24) is 0 Å². The van der Waals surface area contributed by atoms with Crippen molar-refractivity contribution in [1.29, 1.82) is 0 Å². The molecule has 0 saturated carbocycles. The van der Waals surface area contributed by atoms with Gasteiger partial charge in [-0.2, -0.15) is 0 Å². The van der Waals surface area contributed by atoms with Gasteiger partial charge in [0.2, 0.25) is 0 Å². The van der Waals surface area contributed by atoms with E-state index in [2.05, 4.69) is 15.9 Å². The number of rotatable bonds is 4. The second-order valence-electron chi connectivity index (χ2n) is 4.07. The molecule has 0 aromatic heterocycles. The van der Waals surface area contributed by atoms with E-state index < -0.39 is 4.92 Å². The lowest BCUT2D eigenvalue weighted by Crippen LogP contribution is -2.03. The lowest BCUT2D eigenvalue weighted by atomic mass is 10.1. The number of halogens is 1. The minimum atomic E-state index is -0.407. The summed E-state index contributed by atoms with van der Waals surface area (Å²) < 4.78 is 6.69. The lowest BCUT2D eigenvalue weighted by Gasteiger charge is -2.15. The molecule has 0 fully saturated rings. The van der Waals surface area contributed by atoms with Crippen LogP contribution in [0.2, 0.25) is 0 Å². The van der Waals surface area contributed by atoms with Crippen LogP contribution in [0.3, 0.4) is 0 Å². The number of hydrogen-bond acceptors (Lipinski definition) is 3. The molecule has 5 heteroatoms. The minimum absolute atomic E-state index is 0.0715. The van der Waals surface area contributed by atoms with Gasteiger partial charge >= 0.3 is 0 Å². The average Bonchev–Trinajstić information content (AvgIpc) is 2.39. The maximum atomic E-state index is 10.7. The maximum absolute atomic E-state index is 10.7. The van der Waals surface area contributed by atoms with Crippen LogP contribution in [0.1, 0.15) is 18.6 Å². The van der Waals surface area contributed by atoms with Crippen LogP contribution < -0.4 is 4.74 Å². The highest BCUT2D eigenvalue weighted by atomic mass is 79.9. The van der Waals surface area contributed by atoms with Gasteiger partial charge in [-0.3, -0.25) is 10.1 Å².